The summed E-state index contributed by atoms with van der Waals surface area (Å²) in [7, 11) is 2.44. The second-order valence-corrected chi connectivity index (χ2v) is 13.8. The molecule has 0 heterocycles. The SMILES string of the molecule is CC1([B]Cc2ccc(OC(F)(F)F)cc2)CCCCCCC(C2CCCCCCCCCCCC2)CCCCCC1. The highest BCUT2D eigenvalue weighted by Crippen LogP contribution is 2.40. The van der Waals surface area contributed by atoms with Crippen LogP contribution in [0, 0.1) is 11.8 Å². The van der Waals surface area contributed by atoms with Crippen LogP contribution in [0.4, 0.5) is 13.2 Å². The monoisotopic (exact) mass is 575 g/mol. The van der Waals surface area contributed by atoms with E-state index in [0.717, 1.165) is 23.7 Å². The molecule has 0 saturated heterocycles. The van der Waals surface area contributed by atoms with Crippen LogP contribution in [0.15, 0.2) is 24.3 Å². The predicted molar refractivity (Wildman–Crippen MR) is 169 cm³/mol. The van der Waals surface area contributed by atoms with E-state index in [9.17, 15) is 13.2 Å². The molecule has 0 spiro atoms. The molecule has 233 valence electrons. The average Bonchev–Trinajstić information content (AvgIpc) is 2.96. The van der Waals surface area contributed by atoms with Crippen molar-refractivity contribution >= 4 is 7.28 Å². The van der Waals surface area contributed by atoms with Gasteiger partial charge in [0.25, 0.3) is 0 Å². The third kappa shape index (κ3) is 15.3. The van der Waals surface area contributed by atoms with Gasteiger partial charge >= 0.3 is 6.36 Å². The summed E-state index contributed by atoms with van der Waals surface area (Å²) in [6.07, 6.45) is 29.7. The van der Waals surface area contributed by atoms with Crippen molar-refractivity contribution < 1.29 is 17.9 Å². The number of halogens is 3. The van der Waals surface area contributed by atoms with Crippen molar-refractivity contribution in [3.8, 4) is 5.75 Å². The molecule has 5 heteroatoms. The molecule has 41 heavy (non-hydrogen) atoms. The van der Waals surface area contributed by atoms with Crippen molar-refractivity contribution in [3.63, 3.8) is 0 Å². The molecule has 1 nitrogen and oxygen atoms in total. The molecular formula is C36H59BF3O. The van der Waals surface area contributed by atoms with E-state index in [0.29, 0.717) is 0 Å². The maximum absolute atomic E-state index is 12.5. The van der Waals surface area contributed by atoms with Gasteiger partial charge in [0.05, 0.1) is 0 Å². The summed E-state index contributed by atoms with van der Waals surface area (Å²) in [5, 5.41) is 0.195. The first-order chi connectivity index (χ1) is 19.8. The van der Waals surface area contributed by atoms with Gasteiger partial charge in [-0.2, -0.15) is 0 Å². The Bertz CT molecular complexity index is 763. The maximum atomic E-state index is 12.5. The smallest absolute Gasteiger partial charge is 0.406 e. The van der Waals surface area contributed by atoms with Gasteiger partial charge in [0.15, 0.2) is 0 Å². The Morgan fingerprint density at radius 3 is 1.37 bits per heavy atom. The molecular weight excluding hydrogens is 516 g/mol. The molecule has 0 unspecified atom stereocenters. The topological polar surface area (TPSA) is 9.23 Å². The van der Waals surface area contributed by atoms with E-state index in [1.165, 1.54) is 166 Å². The molecule has 2 aliphatic carbocycles. The Kier molecular flexibility index (Phi) is 16.1. The largest absolute Gasteiger partial charge is 0.573 e. The first kappa shape index (κ1) is 34.4. The molecule has 0 aromatic heterocycles. The van der Waals surface area contributed by atoms with Gasteiger partial charge in [-0.1, -0.05) is 190 Å². The lowest BCUT2D eigenvalue weighted by Gasteiger charge is -2.31. The van der Waals surface area contributed by atoms with Gasteiger partial charge in [-0.25, -0.2) is 0 Å². The van der Waals surface area contributed by atoms with E-state index in [4.69, 9.17) is 0 Å². The Hall–Kier alpha value is -1.13. The number of benzene rings is 1. The summed E-state index contributed by atoms with van der Waals surface area (Å²) in [6.45, 7) is 2.40. The lowest BCUT2D eigenvalue weighted by molar-refractivity contribution is -0.274. The van der Waals surface area contributed by atoms with Crippen LogP contribution >= 0.6 is 0 Å². The number of ether oxygens (including phenoxy) is 1. The van der Waals surface area contributed by atoms with Gasteiger partial charge < -0.3 is 4.74 Å². The van der Waals surface area contributed by atoms with E-state index in [2.05, 4.69) is 18.9 Å². The van der Waals surface area contributed by atoms with Crippen molar-refractivity contribution in [2.75, 3.05) is 0 Å². The van der Waals surface area contributed by atoms with Crippen molar-refractivity contribution in [1.29, 1.82) is 0 Å². The van der Waals surface area contributed by atoms with E-state index >= 15 is 0 Å². The first-order valence-corrected chi connectivity index (χ1v) is 17.5. The summed E-state index contributed by atoms with van der Waals surface area (Å²) >= 11 is 0. The minimum Gasteiger partial charge on any atom is -0.406 e. The molecule has 2 fully saturated rings. The summed E-state index contributed by atoms with van der Waals surface area (Å²) in [5.41, 5.74) is 1.05. The van der Waals surface area contributed by atoms with Crippen molar-refractivity contribution in [2.45, 2.75) is 179 Å². The zero-order valence-electron chi connectivity index (χ0n) is 26.3. The van der Waals surface area contributed by atoms with Crippen LogP contribution in [0.25, 0.3) is 0 Å². The Morgan fingerprint density at radius 2 is 0.976 bits per heavy atom. The van der Waals surface area contributed by atoms with Gasteiger partial charge in [0, 0.05) is 0 Å². The third-order valence-corrected chi connectivity index (χ3v) is 10.2. The van der Waals surface area contributed by atoms with E-state index in [1.54, 1.807) is 12.1 Å². The lowest BCUT2D eigenvalue weighted by Crippen LogP contribution is -2.20. The summed E-state index contributed by atoms with van der Waals surface area (Å²) < 4.78 is 41.5. The molecule has 2 saturated carbocycles. The van der Waals surface area contributed by atoms with Crippen LogP contribution in [-0.4, -0.2) is 13.6 Å². The fraction of sp³-hybridized carbons (Fsp3) is 0.833. The van der Waals surface area contributed by atoms with Crippen LogP contribution in [0.3, 0.4) is 0 Å². The quantitative estimate of drug-likeness (QED) is 0.317. The van der Waals surface area contributed by atoms with Crippen molar-refractivity contribution in [2.24, 2.45) is 11.8 Å². The van der Waals surface area contributed by atoms with Crippen LogP contribution in [0.1, 0.15) is 167 Å². The molecule has 0 N–H and O–H groups in total. The van der Waals surface area contributed by atoms with Gasteiger partial charge in [-0.3, -0.25) is 0 Å². The fourth-order valence-electron chi connectivity index (χ4n) is 7.56. The van der Waals surface area contributed by atoms with Crippen LogP contribution < -0.4 is 4.74 Å². The van der Waals surface area contributed by atoms with Gasteiger partial charge in [0.1, 0.15) is 13.0 Å². The van der Waals surface area contributed by atoms with Gasteiger partial charge in [-0.15, -0.1) is 13.2 Å². The standard InChI is InChI=1S/C36H59BF3O/c1-35(37-30-31-24-26-34(27-25-31)41-36(38,39)40)28-18-12-10-16-22-33(23-17-11-13-19-29-35)32-20-14-8-6-4-2-3-5-7-9-15-21-32/h24-27,32-33H,2-23,28-30H2,1H3. The summed E-state index contributed by atoms with van der Waals surface area (Å²) in [5.74, 6) is 1.78. The molecule has 1 radical (unpaired) electrons. The normalized spacial score (nSPS) is 26.5. The van der Waals surface area contributed by atoms with Gasteiger partial charge in [-0.05, 0) is 24.0 Å². The second kappa shape index (κ2) is 19.2. The van der Waals surface area contributed by atoms with Crippen molar-refractivity contribution in [3.05, 3.63) is 29.8 Å². The Labute approximate surface area is 251 Å². The van der Waals surface area contributed by atoms with E-state index in [-0.39, 0.29) is 11.1 Å². The minimum absolute atomic E-state index is 0.144. The minimum atomic E-state index is -4.64. The lowest BCUT2D eigenvalue weighted by atomic mass is 9.47. The number of rotatable bonds is 5. The number of hydrogen-bond acceptors (Lipinski definition) is 1. The molecule has 1 aromatic carbocycles. The molecule has 0 aliphatic heterocycles. The zero-order chi connectivity index (χ0) is 29.2. The average molecular weight is 576 g/mol. The van der Waals surface area contributed by atoms with Crippen LogP contribution in [0.5, 0.6) is 5.75 Å². The van der Waals surface area contributed by atoms with Gasteiger partial charge in [0.2, 0.25) is 0 Å². The molecule has 1 aromatic rings. The Balaban J connectivity index is 1.47. The predicted octanol–water partition coefficient (Wildman–Crippen LogP) is 12.6. The number of alkyl halides is 3. The maximum Gasteiger partial charge on any atom is 0.573 e. The number of hydrogen-bond donors (Lipinski definition) is 0. The zero-order valence-corrected chi connectivity index (χ0v) is 26.3. The van der Waals surface area contributed by atoms with E-state index < -0.39 is 6.36 Å². The molecule has 0 amide bonds. The highest BCUT2D eigenvalue weighted by atomic mass is 19.4. The van der Waals surface area contributed by atoms with Crippen LogP contribution in [0.2, 0.25) is 5.31 Å². The second-order valence-electron chi connectivity index (χ2n) is 13.8. The third-order valence-electron chi connectivity index (χ3n) is 10.2. The highest BCUT2D eigenvalue weighted by Gasteiger charge is 2.31. The van der Waals surface area contributed by atoms with E-state index in [1.807, 2.05) is 0 Å². The molecule has 2 aliphatic rings. The van der Waals surface area contributed by atoms with Crippen LogP contribution in [-0.2, 0) is 6.32 Å². The fourth-order valence-corrected chi connectivity index (χ4v) is 7.56. The molecule has 3 rings (SSSR count). The summed E-state index contributed by atoms with van der Waals surface area (Å²) in [4.78, 5) is 0. The van der Waals surface area contributed by atoms with Crippen molar-refractivity contribution in [1.82, 2.24) is 0 Å². The Morgan fingerprint density at radius 1 is 0.610 bits per heavy atom. The summed E-state index contributed by atoms with van der Waals surface area (Å²) in [6, 6.07) is 6.40. The molecule has 0 bridgehead atoms. The highest BCUT2D eigenvalue weighted by molar-refractivity contribution is 6.39. The first-order valence-electron chi connectivity index (χ1n) is 17.5. The molecule has 0 atom stereocenters.